The highest BCUT2D eigenvalue weighted by Gasteiger charge is 2.34. The van der Waals surface area contributed by atoms with Crippen LogP contribution in [0.25, 0.3) is 0 Å². The molecule has 0 fully saturated rings. The SMILES string of the molecule is CCS(=O)(=O)c1cc(C(C)(C)C#N)cnc1C(=O)Nc1cc(C(F)(F)F)ncc1NC. The van der Waals surface area contributed by atoms with Gasteiger partial charge in [-0.1, -0.05) is 6.92 Å². The van der Waals surface area contributed by atoms with E-state index in [-0.39, 0.29) is 22.7 Å². The fourth-order valence-electron chi connectivity index (χ4n) is 2.51. The quantitative estimate of drug-likeness (QED) is 0.684. The first-order valence-corrected chi connectivity index (χ1v) is 10.6. The molecule has 0 aromatic carbocycles. The Kier molecular flexibility index (Phi) is 6.60. The third-order valence-electron chi connectivity index (χ3n) is 4.50. The van der Waals surface area contributed by atoms with Crippen LogP contribution in [0.2, 0.25) is 0 Å². The molecule has 166 valence electrons. The summed E-state index contributed by atoms with van der Waals surface area (Å²) < 4.78 is 64.2. The smallest absolute Gasteiger partial charge is 0.385 e. The number of amides is 1. The minimum Gasteiger partial charge on any atom is -0.385 e. The molecule has 0 aliphatic rings. The molecule has 0 aliphatic carbocycles. The lowest BCUT2D eigenvalue weighted by Crippen LogP contribution is -2.23. The molecule has 1 amide bonds. The number of hydrogen-bond donors (Lipinski definition) is 2. The Balaban J connectivity index is 2.59. The third-order valence-corrected chi connectivity index (χ3v) is 6.24. The number of hydrogen-bond acceptors (Lipinski definition) is 7. The van der Waals surface area contributed by atoms with Gasteiger partial charge in [-0.2, -0.15) is 18.4 Å². The lowest BCUT2D eigenvalue weighted by molar-refractivity contribution is -0.141. The lowest BCUT2D eigenvalue weighted by Gasteiger charge is -2.18. The van der Waals surface area contributed by atoms with E-state index in [0.29, 0.717) is 6.07 Å². The number of nitrogens with zero attached hydrogens (tertiary/aromatic N) is 3. The van der Waals surface area contributed by atoms with Crippen LogP contribution in [-0.2, 0) is 21.4 Å². The van der Waals surface area contributed by atoms with Gasteiger partial charge in [-0.05, 0) is 31.5 Å². The van der Waals surface area contributed by atoms with Crippen LogP contribution in [-0.4, -0.2) is 37.1 Å². The lowest BCUT2D eigenvalue weighted by atomic mass is 9.87. The number of nitriles is 1. The molecule has 12 heteroatoms. The van der Waals surface area contributed by atoms with Crippen LogP contribution in [0.1, 0.15) is 42.5 Å². The highest BCUT2D eigenvalue weighted by Crippen LogP contribution is 2.32. The van der Waals surface area contributed by atoms with E-state index < -0.39 is 43.6 Å². The van der Waals surface area contributed by atoms with E-state index in [2.05, 4.69) is 20.6 Å². The van der Waals surface area contributed by atoms with Gasteiger partial charge in [0.15, 0.2) is 9.84 Å². The predicted molar refractivity (Wildman–Crippen MR) is 107 cm³/mol. The van der Waals surface area contributed by atoms with Crippen LogP contribution in [0.4, 0.5) is 24.5 Å². The minimum atomic E-state index is -4.74. The number of anilines is 2. The molecular formula is C19H20F3N5O3S. The molecule has 2 aromatic heterocycles. The summed E-state index contributed by atoms with van der Waals surface area (Å²) in [6.45, 7) is 4.48. The van der Waals surface area contributed by atoms with Gasteiger partial charge in [0.1, 0.15) is 11.4 Å². The summed E-state index contributed by atoms with van der Waals surface area (Å²) >= 11 is 0. The van der Waals surface area contributed by atoms with Crippen molar-refractivity contribution in [1.82, 2.24) is 9.97 Å². The largest absolute Gasteiger partial charge is 0.433 e. The number of nitrogens with one attached hydrogen (secondary N) is 2. The van der Waals surface area contributed by atoms with Crippen molar-refractivity contribution in [1.29, 1.82) is 5.26 Å². The van der Waals surface area contributed by atoms with Crippen LogP contribution in [0, 0.1) is 11.3 Å². The average molecular weight is 455 g/mol. The molecular weight excluding hydrogens is 435 g/mol. The van der Waals surface area contributed by atoms with Crippen LogP contribution < -0.4 is 10.6 Å². The van der Waals surface area contributed by atoms with Crippen molar-refractivity contribution < 1.29 is 26.4 Å². The van der Waals surface area contributed by atoms with E-state index in [1.807, 2.05) is 6.07 Å². The monoisotopic (exact) mass is 455 g/mol. The second kappa shape index (κ2) is 8.50. The molecule has 31 heavy (non-hydrogen) atoms. The Labute approximate surface area is 177 Å². The molecule has 0 spiro atoms. The molecule has 2 heterocycles. The standard InChI is InChI=1S/C19H20F3N5O3S/c1-5-31(29,30)14-6-11(18(2,3)10-23)8-26-16(14)17(28)27-12-7-15(19(20,21)22)25-9-13(12)24-4/h6-9,24H,5H2,1-4H3,(H,25,27,28). The van der Waals surface area contributed by atoms with Gasteiger partial charge in [0.2, 0.25) is 0 Å². The molecule has 2 aromatic rings. The van der Waals surface area contributed by atoms with E-state index in [0.717, 1.165) is 6.20 Å². The van der Waals surface area contributed by atoms with Gasteiger partial charge in [0.05, 0.1) is 39.7 Å². The molecule has 0 saturated carbocycles. The van der Waals surface area contributed by atoms with Crippen molar-refractivity contribution in [3.05, 3.63) is 41.5 Å². The van der Waals surface area contributed by atoms with E-state index in [4.69, 9.17) is 0 Å². The first kappa shape index (κ1) is 24.1. The van der Waals surface area contributed by atoms with Crippen LogP contribution in [0.3, 0.4) is 0 Å². The maximum atomic E-state index is 13.0. The fraction of sp³-hybridized carbons (Fsp3) is 0.368. The van der Waals surface area contributed by atoms with Crippen molar-refractivity contribution >= 4 is 27.1 Å². The van der Waals surface area contributed by atoms with Crippen molar-refractivity contribution in [2.75, 3.05) is 23.4 Å². The number of sulfone groups is 1. The molecule has 2 N–H and O–H groups in total. The highest BCUT2D eigenvalue weighted by atomic mass is 32.2. The van der Waals surface area contributed by atoms with E-state index in [1.165, 1.54) is 26.2 Å². The van der Waals surface area contributed by atoms with Crippen LogP contribution in [0.15, 0.2) is 29.4 Å². The summed E-state index contributed by atoms with van der Waals surface area (Å²) in [5.74, 6) is -1.37. The maximum Gasteiger partial charge on any atom is 0.433 e. The normalized spacial score (nSPS) is 12.2. The number of pyridine rings is 2. The Bertz CT molecular complexity index is 1160. The zero-order chi connectivity index (χ0) is 23.6. The second-order valence-corrected chi connectivity index (χ2v) is 9.27. The number of rotatable bonds is 6. The zero-order valence-electron chi connectivity index (χ0n) is 17.1. The Morgan fingerprint density at radius 3 is 2.32 bits per heavy atom. The molecule has 0 aliphatic heterocycles. The van der Waals surface area contributed by atoms with Gasteiger partial charge in [0, 0.05) is 13.2 Å². The van der Waals surface area contributed by atoms with Gasteiger partial charge >= 0.3 is 6.18 Å². The van der Waals surface area contributed by atoms with Gasteiger partial charge in [-0.25, -0.2) is 18.4 Å². The Morgan fingerprint density at radius 1 is 1.16 bits per heavy atom. The fourth-order valence-corrected chi connectivity index (χ4v) is 3.57. The number of alkyl halides is 3. The molecule has 0 atom stereocenters. The predicted octanol–water partition coefficient (Wildman–Crippen LogP) is 3.38. The van der Waals surface area contributed by atoms with Crippen molar-refractivity contribution in [2.24, 2.45) is 0 Å². The first-order chi connectivity index (χ1) is 14.3. The van der Waals surface area contributed by atoms with Crippen molar-refractivity contribution in [3.63, 3.8) is 0 Å². The summed E-state index contributed by atoms with van der Waals surface area (Å²) in [4.78, 5) is 19.6. The van der Waals surface area contributed by atoms with Gasteiger partial charge in [-0.3, -0.25) is 4.79 Å². The summed E-state index contributed by atoms with van der Waals surface area (Å²) in [5.41, 5.74) is -2.69. The summed E-state index contributed by atoms with van der Waals surface area (Å²) in [6, 6.07) is 3.84. The number of halogens is 3. The Morgan fingerprint density at radius 2 is 1.81 bits per heavy atom. The first-order valence-electron chi connectivity index (χ1n) is 8.97. The molecule has 0 bridgehead atoms. The van der Waals surface area contributed by atoms with Crippen LogP contribution in [0.5, 0.6) is 0 Å². The van der Waals surface area contributed by atoms with Gasteiger partial charge in [-0.15, -0.1) is 0 Å². The Hall–Kier alpha value is -3.20. The summed E-state index contributed by atoms with van der Waals surface area (Å²) in [7, 11) is -2.52. The molecule has 0 radical (unpaired) electrons. The number of carbonyl (C=O) groups excluding carboxylic acids is 1. The van der Waals surface area contributed by atoms with Crippen molar-refractivity contribution in [2.45, 2.75) is 37.3 Å². The maximum absolute atomic E-state index is 13.0. The average Bonchev–Trinajstić information content (AvgIpc) is 2.72. The highest BCUT2D eigenvalue weighted by molar-refractivity contribution is 7.91. The number of carbonyl (C=O) groups is 1. The van der Waals surface area contributed by atoms with E-state index in [9.17, 15) is 31.6 Å². The second-order valence-electron chi connectivity index (χ2n) is 7.03. The molecule has 2 rings (SSSR count). The van der Waals surface area contributed by atoms with Crippen LogP contribution >= 0.6 is 0 Å². The topological polar surface area (TPSA) is 125 Å². The molecule has 8 nitrogen and oxygen atoms in total. The molecule has 0 saturated heterocycles. The third kappa shape index (κ3) is 5.11. The summed E-state index contributed by atoms with van der Waals surface area (Å²) in [5, 5.41) is 14.2. The number of aromatic nitrogens is 2. The summed E-state index contributed by atoms with van der Waals surface area (Å²) in [6.07, 6.45) is -2.65. The molecule has 0 unspecified atom stereocenters. The van der Waals surface area contributed by atoms with E-state index >= 15 is 0 Å². The van der Waals surface area contributed by atoms with E-state index in [1.54, 1.807) is 13.8 Å². The minimum absolute atomic E-state index is 0.0866. The van der Waals surface area contributed by atoms with Crippen molar-refractivity contribution in [3.8, 4) is 6.07 Å². The zero-order valence-corrected chi connectivity index (χ0v) is 17.9. The van der Waals surface area contributed by atoms with Gasteiger partial charge < -0.3 is 10.6 Å². The van der Waals surface area contributed by atoms with Gasteiger partial charge in [0.25, 0.3) is 5.91 Å².